The number of hydrogen-bond donors (Lipinski definition) is 0. The van der Waals surface area contributed by atoms with Crippen molar-refractivity contribution in [3.8, 4) is 5.75 Å². The molecule has 2 radical (unpaired) electrons. The molecule has 0 heterocycles. The molecule has 6 heteroatoms. The minimum absolute atomic E-state index is 0.0753. The Labute approximate surface area is 105 Å². The average Bonchev–Trinajstić information content (AvgIpc) is 2.20. The molecule has 4 nitrogen and oxygen atoms in total. The van der Waals surface area contributed by atoms with Crippen molar-refractivity contribution >= 4 is 42.8 Å². The van der Waals surface area contributed by atoms with Gasteiger partial charge in [-0.05, 0) is 0 Å². The molecule has 0 atom stereocenters. The normalized spacial score (nSPS) is 10.0. The van der Waals surface area contributed by atoms with Crippen LogP contribution in [0.2, 0.25) is 0 Å². The van der Waals surface area contributed by atoms with E-state index in [4.69, 9.17) is 4.74 Å². The summed E-state index contributed by atoms with van der Waals surface area (Å²) in [6.07, 6.45) is 0.873. The van der Waals surface area contributed by atoms with E-state index in [0.29, 0.717) is 16.7 Å². The molecular formula is C9H9AsBrNO3. The van der Waals surface area contributed by atoms with Crippen LogP contribution < -0.4 is 9.09 Å². The van der Waals surface area contributed by atoms with Crippen LogP contribution in [0.15, 0.2) is 18.2 Å². The number of nitro groups is 1. The summed E-state index contributed by atoms with van der Waals surface area (Å²) in [5, 5.41) is 11.5. The molecule has 0 saturated carbocycles. The second kappa shape index (κ2) is 6.13. The summed E-state index contributed by atoms with van der Waals surface area (Å²) in [5.41, 5.74) is 0.0753. The van der Waals surface area contributed by atoms with E-state index in [2.05, 4.69) is 32.8 Å². The van der Waals surface area contributed by atoms with Gasteiger partial charge in [0.25, 0.3) is 0 Å². The molecule has 0 bridgehead atoms. The van der Waals surface area contributed by atoms with Gasteiger partial charge in [-0.25, -0.2) is 0 Å². The second-order valence-corrected chi connectivity index (χ2v) is 4.60. The number of benzene rings is 1. The maximum atomic E-state index is 10.6. The van der Waals surface area contributed by atoms with Gasteiger partial charge < -0.3 is 0 Å². The van der Waals surface area contributed by atoms with E-state index in [-0.39, 0.29) is 5.69 Å². The summed E-state index contributed by atoms with van der Waals surface area (Å²) in [7, 11) is 0. The van der Waals surface area contributed by atoms with Crippen molar-refractivity contribution in [2.45, 2.75) is 6.42 Å². The first-order valence-corrected chi connectivity index (χ1v) is 6.37. The molecule has 0 aromatic heterocycles. The van der Waals surface area contributed by atoms with Crippen molar-refractivity contribution < 1.29 is 9.66 Å². The standard InChI is InChI=1S/C9H9AsBrNO3/c10-8-3-2-7(15-5-1-4-11)6-9(8)12(13)14/h2-3,6H,1,4-5H2. The monoisotopic (exact) mass is 333 g/mol. The van der Waals surface area contributed by atoms with E-state index in [9.17, 15) is 10.1 Å². The zero-order chi connectivity index (χ0) is 11.3. The third-order valence-corrected chi connectivity index (χ3v) is 3.04. The van der Waals surface area contributed by atoms with Crippen LogP contribution in [0.5, 0.6) is 5.75 Å². The third kappa shape index (κ3) is 3.84. The second-order valence-electron chi connectivity index (χ2n) is 2.80. The zero-order valence-corrected chi connectivity index (χ0v) is 11.3. The van der Waals surface area contributed by atoms with Crippen LogP contribution in [-0.2, 0) is 0 Å². The summed E-state index contributed by atoms with van der Waals surface area (Å²) in [4.78, 5) is 10.2. The molecule has 1 aromatic carbocycles. The predicted octanol–water partition coefficient (Wildman–Crippen LogP) is 1.55. The number of halogens is 1. The molecule has 80 valence electrons. The van der Waals surface area contributed by atoms with Crippen LogP contribution in [0.3, 0.4) is 0 Å². The predicted molar refractivity (Wildman–Crippen MR) is 62.4 cm³/mol. The molecule has 0 amide bonds. The topological polar surface area (TPSA) is 52.4 Å². The Morgan fingerprint density at radius 3 is 2.87 bits per heavy atom. The van der Waals surface area contributed by atoms with Crippen LogP contribution in [0.1, 0.15) is 6.42 Å². The number of nitro benzene ring substituents is 1. The van der Waals surface area contributed by atoms with Gasteiger partial charge in [0.05, 0.1) is 0 Å². The van der Waals surface area contributed by atoms with Crippen molar-refractivity contribution in [1.82, 2.24) is 0 Å². The van der Waals surface area contributed by atoms with E-state index in [0.717, 1.165) is 11.8 Å². The van der Waals surface area contributed by atoms with Gasteiger partial charge in [-0.15, -0.1) is 0 Å². The Balaban J connectivity index is 2.74. The van der Waals surface area contributed by atoms with Crippen LogP contribution in [-0.4, -0.2) is 33.7 Å². The van der Waals surface area contributed by atoms with Gasteiger partial charge in [-0.2, -0.15) is 0 Å². The number of hydrogen-bond acceptors (Lipinski definition) is 3. The molecule has 15 heavy (non-hydrogen) atoms. The molecule has 0 spiro atoms. The van der Waals surface area contributed by atoms with Gasteiger partial charge in [-0.3, -0.25) is 0 Å². The van der Waals surface area contributed by atoms with Gasteiger partial charge >= 0.3 is 105 Å². The Bertz CT molecular complexity index is 359. The molecule has 1 aromatic rings. The Kier molecular flexibility index (Phi) is 5.12. The number of rotatable bonds is 5. The molecule has 0 aliphatic rings. The maximum absolute atomic E-state index is 10.6. The van der Waals surface area contributed by atoms with Crippen LogP contribution in [0, 0.1) is 10.1 Å². The van der Waals surface area contributed by atoms with Crippen molar-refractivity contribution in [1.29, 1.82) is 0 Å². The van der Waals surface area contributed by atoms with Crippen molar-refractivity contribution in [3.63, 3.8) is 0 Å². The summed E-state index contributed by atoms with van der Waals surface area (Å²) in [6.45, 7) is 0.556. The van der Waals surface area contributed by atoms with Crippen LogP contribution in [0.4, 0.5) is 5.69 Å². The average molecular weight is 334 g/mol. The van der Waals surface area contributed by atoms with Crippen molar-refractivity contribution in [2.24, 2.45) is 0 Å². The van der Waals surface area contributed by atoms with Crippen LogP contribution in [0.25, 0.3) is 0 Å². The Morgan fingerprint density at radius 1 is 1.53 bits per heavy atom. The molecule has 0 aliphatic carbocycles. The Morgan fingerprint density at radius 2 is 2.27 bits per heavy atom. The first-order valence-electron chi connectivity index (χ1n) is 4.31. The fraction of sp³-hybridized carbons (Fsp3) is 0.333. The molecule has 0 unspecified atom stereocenters. The fourth-order valence-electron chi connectivity index (χ4n) is 0.984. The van der Waals surface area contributed by atoms with Gasteiger partial charge in [0.2, 0.25) is 0 Å². The van der Waals surface area contributed by atoms with E-state index in [1.165, 1.54) is 6.07 Å². The quantitative estimate of drug-likeness (QED) is 0.270. The van der Waals surface area contributed by atoms with Gasteiger partial charge in [0, 0.05) is 0 Å². The van der Waals surface area contributed by atoms with Gasteiger partial charge in [0.15, 0.2) is 0 Å². The fourth-order valence-corrected chi connectivity index (χ4v) is 1.68. The number of alkyl halides is 1. The number of nitrogens with zero attached hydrogens (tertiary/aromatic N) is 1. The Hall–Kier alpha value is -0.542. The summed E-state index contributed by atoms with van der Waals surface area (Å²) in [5.74, 6) is 0.539. The zero-order valence-electron chi connectivity index (χ0n) is 7.85. The molecule has 0 N–H and O–H groups in total. The van der Waals surface area contributed by atoms with Gasteiger partial charge in [0.1, 0.15) is 0 Å². The van der Waals surface area contributed by atoms with E-state index < -0.39 is 4.92 Å². The van der Waals surface area contributed by atoms with E-state index in [1.54, 1.807) is 12.1 Å². The number of ether oxygens (including phenoxy) is 1. The first kappa shape index (κ1) is 12.5. The van der Waals surface area contributed by atoms with Gasteiger partial charge in [-0.1, -0.05) is 0 Å². The molecule has 0 fully saturated rings. The van der Waals surface area contributed by atoms with Crippen LogP contribution >= 0.6 is 15.9 Å². The molecule has 0 aliphatic heterocycles. The summed E-state index contributed by atoms with van der Waals surface area (Å²) < 4.78 is 5.93. The first-order chi connectivity index (χ1) is 7.15. The molecule has 1 rings (SSSR count). The van der Waals surface area contributed by atoms with Crippen molar-refractivity contribution in [2.75, 3.05) is 11.9 Å². The minimum atomic E-state index is -0.412. The summed E-state index contributed by atoms with van der Waals surface area (Å²) >= 11 is 5.46. The molecule has 0 saturated heterocycles. The van der Waals surface area contributed by atoms with E-state index >= 15 is 0 Å². The summed E-state index contributed by atoms with van der Waals surface area (Å²) in [6, 6.07) is 4.85. The SMILES string of the molecule is O=[N+]([O-])c1cc(OCCCBr)ccc1[As]. The van der Waals surface area contributed by atoms with Crippen molar-refractivity contribution in [3.05, 3.63) is 28.3 Å². The van der Waals surface area contributed by atoms with E-state index in [1.807, 2.05) is 0 Å². The molecular weight excluding hydrogens is 325 g/mol. The third-order valence-electron chi connectivity index (χ3n) is 1.69.